The highest BCUT2D eigenvalue weighted by Crippen LogP contribution is 2.15. The number of carboxylic acid groups (broad SMARTS) is 1. The lowest BCUT2D eigenvalue weighted by molar-refractivity contribution is -0.141. The molecule has 1 fully saturated rings. The number of nitrogens with one attached hydrogen (secondary N) is 7. The number of anilines is 2. The van der Waals surface area contributed by atoms with Gasteiger partial charge in [0.2, 0.25) is 29.5 Å². The molecular weight excluding hydrogens is 981 g/mol. The first kappa shape index (κ1) is 62.5. The van der Waals surface area contributed by atoms with Crippen LogP contribution in [-0.2, 0) is 54.1 Å². The highest BCUT2D eigenvalue weighted by molar-refractivity contribution is 7.80. The molecule has 1 aliphatic rings. The van der Waals surface area contributed by atoms with Crippen LogP contribution in [0.25, 0.3) is 0 Å². The van der Waals surface area contributed by atoms with E-state index in [9.17, 15) is 43.5 Å². The smallest absolute Gasteiger partial charge is 0.305 e. The summed E-state index contributed by atoms with van der Waals surface area (Å²) in [4.78, 5) is 108. The third kappa shape index (κ3) is 26.4. The van der Waals surface area contributed by atoms with Crippen molar-refractivity contribution in [1.29, 1.82) is 0 Å². The molecule has 23 nitrogen and oxygen atoms in total. The molecule has 5 amide bonds. The number of carbonyl (C=O) groups is 6. The first-order chi connectivity index (χ1) is 35.8. The largest absolute Gasteiger partial charge is 0.481 e. The second kappa shape index (κ2) is 37.8. The molecule has 0 saturated carbocycles. The van der Waals surface area contributed by atoms with Crippen LogP contribution >= 0.6 is 12.6 Å². The Morgan fingerprint density at radius 2 is 1.08 bits per heavy atom. The monoisotopic (exact) mass is 1060 g/mol. The molecule has 0 aromatic heterocycles. The predicted molar refractivity (Wildman–Crippen MR) is 284 cm³/mol. The van der Waals surface area contributed by atoms with Gasteiger partial charge in [-0.3, -0.25) is 43.3 Å². The van der Waals surface area contributed by atoms with Crippen LogP contribution in [0.3, 0.4) is 0 Å². The van der Waals surface area contributed by atoms with E-state index >= 15 is 0 Å². The highest BCUT2D eigenvalue weighted by atomic mass is 32.1. The van der Waals surface area contributed by atoms with Crippen LogP contribution < -0.4 is 59.5 Å². The summed E-state index contributed by atoms with van der Waals surface area (Å²) in [5, 5.41) is 28.1. The number of carbonyl (C=O) groups excluding carboxylic acids is 5. The zero-order chi connectivity index (χ0) is 53.8. The van der Waals surface area contributed by atoms with E-state index in [1.807, 2.05) is 0 Å². The maximum Gasteiger partial charge on any atom is 0.305 e. The van der Waals surface area contributed by atoms with Gasteiger partial charge in [0.1, 0.15) is 35.5 Å². The number of aliphatic imine (C=N–C) groups is 1. The minimum Gasteiger partial charge on any atom is -0.481 e. The second-order valence-corrected chi connectivity index (χ2v) is 18.3. The van der Waals surface area contributed by atoms with Gasteiger partial charge in [-0.15, -0.1) is 0 Å². The number of aliphatic carboxylic acids is 1. The molecule has 1 saturated heterocycles. The summed E-state index contributed by atoms with van der Waals surface area (Å²) < 4.78 is 22.4. The molecule has 24 heteroatoms. The standard InChI is InChI=1S/C50H80N10O13S/c51-50(52)55-21-15-19-36-46(66)56-34-40(61)57-39(33-41(62)63)49(69)60-38(32-35-16-9-8-10-17-35)48(68)59-37(47(67)58-36)18-11-12-20-53-42-43(45(65)44(42)64)54-22-24-71-26-28-73-30-29-72-27-25-70-23-13-6-4-2-1-3-5-7-14-31-74/h8-10,16-17,36-39,53-54,74H,1-7,11-15,18-34H2,(H,56,66)(H,57,61)(H,58,67)(H,59,68)(H,60,69)(H,62,63)(H4,51,52,55)/t36-,37-,38-,39-/m0/s1. The van der Waals surface area contributed by atoms with Crippen molar-refractivity contribution in [2.75, 3.05) is 95.4 Å². The van der Waals surface area contributed by atoms with Gasteiger partial charge in [-0.05, 0) is 56.3 Å². The van der Waals surface area contributed by atoms with Gasteiger partial charge in [-0.1, -0.05) is 75.3 Å². The van der Waals surface area contributed by atoms with Crippen molar-refractivity contribution in [3.05, 3.63) is 56.3 Å². The summed E-state index contributed by atoms with van der Waals surface area (Å²) in [6.45, 7) is 3.47. The van der Waals surface area contributed by atoms with Gasteiger partial charge in [0.25, 0.3) is 10.9 Å². The molecule has 0 spiro atoms. The van der Waals surface area contributed by atoms with Crippen molar-refractivity contribution in [1.82, 2.24) is 26.6 Å². The average molecular weight is 1060 g/mol. The lowest BCUT2D eigenvalue weighted by atomic mass is 10.0. The van der Waals surface area contributed by atoms with Crippen molar-refractivity contribution in [3.8, 4) is 0 Å². The summed E-state index contributed by atoms with van der Waals surface area (Å²) in [6.07, 6.45) is 11.2. The van der Waals surface area contributed by atoms with Crippen molar-refractivity contribution < 1.29 is 52.8 Å². The molecule has 1 heterocycles. The number of nitrogens with two attached hydrogens (primary N) is 2. The van der Waals surface area contributed by atoms with Crippen LogP contribution in [0.5, 0.6) is 0 Å². The van der Waals surface area contributed by atoms with E-state index in [1.165, 1.54) is 51.4 Å². The van der Waals surface area contributed by atoms with Gasteiger partial charge >= 0.3 is 5.97 Å². The summed E-state index contributed by atoms with van der Waals surface area (Å²) in [5.41, 5.74) is 10.4. The zero-order valence-electron chi connectivity index (χ0n) is 42.6. The summed E-state index contributed by atoms with van der Waals surface area (Å²) in [6, 6.07) is 3.18. The lowest BCUT2D eigenvalue weighted by Crippen LogP contribution is -2.58. The Labute approximate surface area is 438 Å². The Hall–Kier alpha value is -5.82. The van der Waals surface area contributed by atoms with Gasteiger partial charge in [-0.2, -0.15) is 12.6 Å². The van der Waals surface area contributed by atoms with Gasteiger partial charge in [0, 0.05) is 32.7 Å². The first-order valence-corrected chi connectivity index (χ1v) is 26.5. The molecule has 1 aliphatic heterocycles. The number of carboxylic acids is 1. The van der Waals surface area contributed by atoms with E-state index in [0.717, 1.165) is 18.8 Å². The molecule has 4 atom stereocenters. The lowest BCUT2D eigenvalue weighted by Gasteiger charge is -2.26. The Morgan fingerprint density at radius 3 is 1.68 bits per heavy atom. The van der Waals surface area contributed by atoms with Crippen molar-refractivity contribution in [2.45, 2.75) is 127 Å². The van der Waals surface area contributed by atoms with Crippen LogP contribution in [0.1, 0.15) is 102 Å². The number of thiol groups is 1. The SMILES string of the molecule is NC(N)=NCCC[C@@H]1NC(=O)[C@H](CCCCNc2c(NCCOCCOCCOCCOCCCCCCCCCCCS)c(=O)c2=O)NC(=O)[C@H](Cc2ccccc2)NC(=O)[C@H](CC(=O)O)NC(=O)CNC1=O. The van der Waals surface area contributed by atoms with Gasteiger partial charge in [0.05, 0.1) is 59.2 Å². The van der Waals surface area contributed by atoms with Gasteiger partial charge < -0.3 is 72.7 Å². The zero-order valence-corrected chi connectivity index (χ0v) is 43.5. The number of nitrogens with zero attached hydrogens (tertiary/aromatic N) is 1. The van der Waals surface area contributed by atoms with Crippen LogP contribution in [0, 0.1) is 0 Å². The third-order valence-electron chi connectivity index (χ3n) is 11.8. The Morgan fingerprint density at radius 1 is 0.581 bits per heavy atom. The Balaban J connectivity index is 1.47. The van der Waals surface area contributed by atoms with Crippen molar-refractivity contribution in [3.63, 3.8) is 0 Å². The number of guanidine groups is 1. The van der Waals surface area contributed by atoms with Gasteiger partial charge in [0.15, 0.2) is 5.96 Å². The minimum absolute atomic E-state index is 0.0168. The number of hydrogen-bond donors (Lipinski definition) is 11. The number of hydrogen-bond acceptors (Lipinski definition) is 16. The maximum atomic E-state index is 14.0. The fourth-order valence-corrected chi connectivity index (χ4v) is 8.04. The molecule has 0 radical (unpaired) electrons. The van der Waals surface area contributed by atoms with Crippen LogP contribution in [0.2, 0.25) is 0 Å². The first-order valence-electron chi connectivity index (χ1n) is 25.8. The number of unbranched alkanes of at least 4 members (excludes halogenated alkanes) is 9. The molecule has 3 rings (SSSR count). The number of rotatable bonds is 38. The van der Waals surface area contributed by atoms with Crippen LogP contribution in [0.15, 0.2) is 44.9 Å². The molecule has 74 heavy (non-hydrogen) atoms. The van der Waals surface area contributed by atoms with Crippen molar-refractivity contribution in [2.24, 2.45) is 16.5 Å². The Bertz CT molecular complexity index is 2090. The number of benzene rings is 1. The van der Waals surface area contributed by atoms with E-state index < -0.39 is 83.5 Å². The number of amides is 5. The summed E-state index contributed by atoms with van der Waals surface area (Å²) in [7, 11) is 0. The fourth-order valence-electron chi connectivity index (χ4n) is 7.82. The molecule has 2 aromatic rings. The summed E-state index contributed by atoms with van der Waals surface area (Å²) >= 11 is 4.25. The highest BCUT2D eigenvalue weighted by Gasteiger charge is 2.33. The molecular formula is C50H80N10O13S. The maximum absolute atomic E-state index is 14.0. The van der Waals surface area contributed by atoms with Crippen molar-refractivity contribution >= 4 is 65.5 Å². The van der Waals surface area contributed by atoms with E-state index in [-0.39, 0.29) is 75.7 Å². The molecule has 0 aliphatic carbocycles. The minimum atomic E-state index is -1.62. The number of ether oxygens (including phenoxy) is 4. The van der Waals surface area contributed by atoms with Crippen LogP contribution in [-0.4, -0.2) is 156 Å². The molecule has 414 valence electrons. The second-order valence-electron chi connectivity index (χ2n) is 17.9. The van der Waals surface area contributed by atoms with E-state index in [0.29, 0.717) is 51.6 Å². The third-order valence-corrected chi connectivity index (χ3v) is 12.1. The Kier molecular flexibility index (Phi) is 31.9. The van der Waals surface area contributed by atoms with Gasteiger partial charge in [-0.25, -0.2) is 0 Å². The molecule has 2 aromatic carbocycles. The molecule has 0 unspecified atom stereocenters. The molecule has 12 N–H and O–H groups in total. The average Bonchev–Trinajstić information content (AvgIpc) is 3.38. The van der Waals surface area contributed by atoms with Crippen LogP contribution in [0.4, 0.5) is 11.4 Å². The summed E-state index contributed by atoms with van der Waals surface area (Å²) in [5.74, 6) is -4.80. The van der Waals surface area contributed by atoms with E-state index in [4.69, 9.17) is 30.4 Å². The van der Waals surface area contributed by atoms with E-state index in [1.54, 1.807) is 30.3 Å². The topological polar surface area (TPSA) is 342 Å². The normalized spacial score (nSPS) is 17.8. The van der Waals surface area contributed by atoms with E-state index in [2.05, 4.69) is 54.8 Å². The fraction of sp³-hybridized carbons (Fsp3) is 0.660. The molecule has 0 bridgehead atoms. The quantitative estimate of drug-likeness (QED) is 0.0144. The predicted octanol–water partition coefficient (Wildman–Crippen LogP) is 0.624.